The molecule has 0 unspecified atom stereocenters. The summed E-state index contributed by atoms with van der Waals surface area (Å²) in [6, 6.07) is 17.3. The molecule has 7 heteroatoms. The third-order valence-corrected chi connectivity index (χ3v) is 4.46. The fourth-order valence-corrected chi connectivity index (χ4v) is 3.11. The maximum Gasteiger partial charge on any atom is 0.312 e. The topological polar surface area (TPSA) is 102 Å². The molecule has 144 valence electrons. The van der Waals surface area contributed by atoms with Crippen LogP contribution in [0.2, 0.25) is 0 Å². The van der Waals surface area contributed by atoms with Crippen LogP contribution in [0.5, 0.6) is 0 Å². The molecule has 0 aliphatic carbocycles. The predicted molar refractivity (Wildman–Crippen MR) is 106 cm³/mol. The van der Waals surface area contributed by atoms with Crippen molar-refractivity contribution in [1.29, 1.82) is 0 Å². The highest BCUT2D eigenvalue weighted by atomic mass is 16.2. The molecule has 0 bridgehead atoms. The highest BCUT2D eigenvalue weighted by Crippen LogP contribution is 2.22. The molecule has 4 N–H and O–H groups in total. The van der Waals surface area contributed by atoms with Crippen molar-refractivity contribution >= 4 is 11.9 Å². The first-order chi connectivity index (χ1) is 13.5. The largest absolute Gasteiger partial charge is 0.352 e. The summed E-state index contributed by atoms with van der Waals surface area (Å²) in [6.07, 6.45) is 3.58. The summed E-state index contributed by atoms with van der Waals surface area (Å²) >= 11 is 0. The van der Waals surface area contributed by atoms with Gasteiger partial charge in [0.05, 0.1) is 12.5 Å². The Morgan fingerprint density at radius 1 is 1.00 bits per heavy atom. The van der Waals surface area contributed by atoms with Crippen LogP contribution in [0.4, 0.5) is 4.79 Å². The Morgan fingerprint density at radius 2 is 1.61 bits per heavy atom. The Labute approximate surface area is 163 Å². The molecule has 0 fully saturated rings. The monoisotopic (exact) mass is 377 g/mol. The van der Waals surface area contributed by atoms with Crippen LogP contribution in [0, 0.1) is 0 Å². The van der Waals surface area contributed by atoms with Gasteiger partial charge in [-0.05, 0) is 11.1 Å². The van der Waals surface area contributed by atoms with Crippen LogP contribution >= 0.6 is 0 Å². The lowest BCUT2D eigenvalue weighted by Gasteiger charge is -2.22. The van der Waals surface area contributed by atoms with E-state index in [4.69, 9.17) is 5.73 Å². The van der Waals surface area contributed by atoms with Crippen molar-refractivity contribution in [1.82, 2.24) is 20.2 Å². The van der Waals surface area contributed by atoms with Gasteiger partial charge in [0, 0.05) is 19.4 Å². The molecule has 2 aromatic carbocycles. The third-order valence-electron chi connectivity index (χ3n) is 4.46. The molecule has 0 saturated heterocycles. The first kappa shape index (κ1) is 19.2. The lowest BCUT2D eigenvalue weighted by atomic mass is 10.0. The standard InChI is InChI=1S/C21H23N5O2/c1-26-13-12-23-20(26)19(16-10-6-3-7-11-16)25-18(27)14-17(24-21(22)28)15-8-4-2-5-9-15/h2-13,17,19H,14H2,1H3,(H,25,27)(H3,22,24,28)/t17-,19+/m1/s1. The molecule has 0 saturated carbocycles. The number of carbonyl (C=O) groups is 2. The second-order valence-electron chi connectivity index (χ2n) is 6.48. The second-order valence-corrected chi connectivity index (χ2v) is 6.48. The number of rotatable bonds is 7. The van der Waals surface area contributed by atoms with Crippen LogP contribution in [0.25, 0.3) is 0 Å². The summed E-state index contributed by atoms with van der Waals surface area (Å²) < 4.78 is 1.87. The molecule has 0 aliphatic heterocycles. The van der Waals surface area contributed by atoms with Crippen molar-refractivity contribution in [2.75, 3.05) is 0 Å². The number of carbonyl (C=O) groups excluding carboxylic acids is 2. The number of aromatic nitrogens is 2. The van der Waals surface area contributed by atoms with E-state index in [1.807, 2.05) is 78.5 Å². The van der Waals surface area contributed by atoms with Gasteiger partial charge in [-0.3, -0.25) is 4.79 Å². The highest BCUT2D eigenvalue weighted by molar-refractivity contribution is 5.79. The Hall–Kier alpha value is -3.61. The van der Waals surface area contributed by atoms with E-state index in [0.29, 0.717) is 0 Å². The molecule has 3 aromatic rings. The molecule has 1 heterocycles. The van der Waals surface area contributed by atoms with Crippen molar-refractivity contribution in [2.24, 2.45) is 12.8 Å². The maximum atomic E-state index is 12.9. The Bertz CT molecular complexity index is 924. The lowest BCUT2D eigenvalue weighted by Crippen LogP contribution is -2.38. The lowest BCUT2D eigenvalue weighted by molar-refractivity contribution is -0.122. The summed E-state index contributed by atoms with van der Waals surface area (Å²) in [4.78, 5) is 28.7. The number of primary amides is 1. The molecular formula is C21H23N5O2. The Morgan fingerprint density at radius 3 is 2.14 bits per heavy atom. The molecule has 2 atom stereocenters. The highest BCUT2D eigenvalue weighted by Gasteiger charge is 2.23. The zero-order valence-electron chi connectivity index (χ0n) is 15.6. The van der Waals surface area contributed by atoms with Gasteiger partial charge in [0.2, 0.25) is 5.91 Å². The van der Waals surface area contributed by atoms with Gasteiger partial charge in [-0.1, -0.05) is 60.7 Å². The summed E-state index contributed by atoms with van der Waals surface area (Å²) in [5.41, 5.74) is 7.03. The maximum absolute atomic E-state index is 12.9. The SMILES string of the molecule is Cn1ccnc1[C@@H](NC(=O)C[C@@H](NC(N)=O)c1ccccc1)c1ccccc1. The molecule has 0 radical (unpaired) electrons. The van der Waals surface area contributed by atoms with Gasteiger partial charge < -0.3 is 20.9 Å². The molecule has 3 amide bonds. The van der Waals surface area contributed by atoms with E-state index in [1.54, 1.807) is 6.20 Å². The minimum atomic E-state index is -0.676. The van der Waals surface area contributed by atoms with E-state index in [-0.39, 0.29) is 12.3 Å². The van der Waals surface area contributed by atoms with Gasteiger partial charge >= 0.3 is 6.03 Å². The number of nitrogens with zero attached hydrogens (tertiary/aromatic N) is 2. The van der Waals surface area contributed by atoms with Crippen LogP contribution < -0.4 is 16.4 Å². The van der Waals surface area contributed by atoms with Crippen molar-refractivity contribution < 1.29 is 9.59 Å². The van der Waals surface area contributed by atoms with Gasteiger partial charge in [-0.15, -0.1) is 0 Å². The van der Waals surface area contributed by atoms with E-state index in [1.165, 1.54) is 0 Å². The predicted octanol–water partition coefficient (Wildman–Crippen LogP) is 2.43. The summed E-state index contributed by atoms with van der Waals surface area (Å²) in [5.74, 6) is 0.498. The average molecular weight is 377 g/mol. The number of nitrogens with two attached hydrogens (primary N) is 1. The van der Waals surface area contributed by atoms with Gasteiger partial charge in [0.25, 0.3) is 0 Å². The quantitative estimate of drug-likeness (QED) is 0.589. The molecule has 3 rings (SSSR count). The number of hydrogen-bond acceptors (Lipinski definition) is 3. The molecular weight excluding hydrogens is 354 g/mol. The van der Waals surface area contributed by atoms with Crippen molar-refractivity contribution in [3.8, 4) is 0 Å². The normalized spacial score (nSPS) is 12.8. The summed E-state index contributed by atoms with van der Waals surface area (Å²) in [5, 5.41) is 5.68. The molecule has 28 heavy (non-hydrogen) atoms. The van der Waals surface area contributed by atoms with Crippen LogP contribution in [-0.2, 0) is 11.8 Å². The summed E-state index contributed by atoms with van der Waals surface area (Å²) in [6.45, 7) is 0. The molecule has 1 aromatic heterocycles. The van der Waals surface area contributed by atoms with Crippen LogP contribution in [0.3, 0.4) is 0 Å². The van der Waals surface area contributed by atoms with E-state index < -0.39 is 18.1 Å². The average Bonchev–Trinajstić information content (AvgIpc) is 3.12. The summed E-state index contributed by atoms with van der Waals surface area (Å²) in [7, 11) is 1.88. The minimum Gasteiger partial charge on any atom is -0.352 e. The number of aryl methyl sites for hydroxylation is 1. The van der Waals surface area contributed by atoms with E-state index in [0.717, 1.165) is 17.0 Å². The number of imidazole rings is 1. The van der Waals surface area contributed by atoms with Gasteiger partial charge in [0.15, 0.2) is 0 Å². The van der Waals surface area contributed by atoms with Crippen LogP contribution in [0.15, 0.2) is 73.1 Å². The van der Waals surface area contributed by atoms with Gasteiger partial charge in [-0.2, -0.15) is 0 Å². The smallest absolute Gasteiger partial charge is 0.312 e. The van der Waals surface area contributed by atoms with E-state index in [2.05, 4.69) is 15.6 Å². The Balaban J connectivity index is 1.81. The second kappa shape index (κ2) is 8.85. The number of amides is 3. The molecule has 0 spiro atoms. The molecule has 0 aliphatic rings. The molecule has 7 nitrogen and oxygen atoms in total. The number of benzene rings is 2. The minimum absolute atomic E-state index is 0.0563. The van der Waals surface area contributed by atoms with Gasteiger partial charge in [0.1, 0.15) is 11.9 Å². The zero-order chi connectivity index (χ0) is 19.9. The van der Waals surface area contributed by atoms with E-state index >= 15 is 0 Å². The van der Waals surface area contributed by atoms with Gasteiger partial charge in [-0.25, -0.2) is 9.78 Å². The fourth-order valence-electron chi connectivity index (χ4n) is 3.11. The number of hydrogen-bond donors (Lipinski definition) is 3. The first-order valence-electron chi connectivity index (χ1n) is 8.97. The van der Waals surface area contributed by atoms with Crippen molar-refractivity contribution in [2.45, 2.75) is 18.5 Å². The van der Waals surface area contributed by atoms with Crippen molar-refractivity contribution in [3.63, 3.8) is 0 Å². The van der Waals surface area contributed by atoms with Crippen molar-refractivity contribution in [3.05, 3.63) is 90.0 Å². The zero-order valence-corrected chi connectivity index (χ0v) is 15.6. The van der Waals surface area contributed by atoms with Crippen LogP contribution in [0.1, 0.15) is 35.5 Å². The van der Waals surface area contributed by atoms with E-state index in [9.17, 15) is 9.59 Å². The Kier molecular flexibility index (Phi) is 6.06. The number of nitrogens with one attached hydrogen (secondary N) is 2. The van der Waals surface area contributed by atoms with Crippen LogP contribution in [-0.4, -0.2) is 21.5 Å². The third kappa shape index (κ3) is 4.76. The number of urea groups is 1. The first-order valence-corrected chi connectivity index (χ1v) is 8.97. The fraction of sp³-hybridized carbons (Fsp3) is 0.190.